The monoisotopic (exact) mass is 389 g/mol. The number of amides is 3. The number of nitrogens with zero attached hydrogens (tertiary/aromatic N) is 1. The molecular formula is C19H20FN3O3S. The summed E-state index contributed by atoms with van der Waals surface area (Å²) in [5.41, 5.74) is 0.443. The number of piperidine rings is 1. The Hall–Kier alpha value is -2.74. The van der Waals surface area contributed by atoms with Crippen LogP contribution in [0.4, 0.5) is 15.8 Å². The molecule has 3 amide bonds. The third-order valence-electron chi connectivity index (χ3n) is 4.43. The van der Waals surface area contributed by atoms with E-state index in [0.717, 1.165) is 0 Å². The van der Waals surface area contributed by atoms with Gasteiger partial charge in [0.1, 0.15) is 5.82 Å². The van der Waals surface area contributed by atoms with Crippen molar-refractivity contribution in [1.29, 1.82) is 0 Å². The molecule has 1 aromatic heterocycles. The first-order valence-corrected chi connectivity index (χ1v) is 9.53. The highest BCUT2D eigenvalue weighted by Gasteiger charge is 2.28. The van der Waals surface area contributed by atoms with Gasteiger partial charge < -0.3 is 15.5 Å². The molecule has 8 heteroatoms. The minimum atomic E-state index is -0.567. The Kier molecular flexibility index (Phi) is 5.85. The number of nitrogens with one attached hydrogen (secondary N) is 2. The van der Waals surface area contributed by atoms with Crippen molar-refractivity contribution in [2.75, 3.05) is 23.7 Å². The van der Waals surface area contributed by atoms with Crippen LogP contribution < -0.4 is 10.6 Å². The van der Waals surface area contributed by atoms with Crippen LogP contribution in [-0.2, 0) is 9.59 Å². The molecule has 3 rings (SSSR count). The van der Waals surface area contributed by atoms with Crippen molar-refractivity contribution in [3.63, 3.8) is 0 Å². The second kappa shape index (κ2) is 8.30. The van der Waals surface area contributed by atoms with Crippen molar-refractivity contribution in [3.8, 4) is 0 Å². The molecule has 1 aliphatic rings. The summed E-state index contributed by atoms with van der Waals surface area (Å²) in [6.45, 7) is 2.33. The number of likely N-dealkylation sites (tertiary alicyclic amines) is 1. The molecule has 0 radical (unpaired) electrons. The number of anilines is 2. The first kappa shape index (κ1) is 19.0. The Morgan fingerprint density at radius 3 is 2.52 bits per heavy atom. The number of halogens is 1. The molecule has 2 aromatic rings. The first-order valence-electron chi connectivity index (χ1n) is 8.65. The minimum absolute atomic E-state index is 0.0158. The minimum Gasteiger partial charge on any atom is -0.338 e. The highest BCUT2D eigenvalue weighted by molar-refractivity contribution is 7.12. The summed E-state index contributed by atoms with van der Waals surface area (Å²) in [6, 6.07) is 7.65. The maximum absolute atomic E-state index is 14.0. The Morgan fingerprint density at radius 2 is 1.89 bits per heavy atom. The van der Waals surface area contributed by atoms with Gasteiger partial charge >= 0.3 is 0 Å². The van der Waals surface area contributed by atoms with E-state index in [0.29, 0.717) is 36.5 Å². The molecule has 142 valence electrons. The summed E-state index contributed by atoms with van der Waals surface area (Å²) in [5.74, 6) is -1.43. The van der Waals surface area contributed by atoms with Gasteiger partial charge in [0.05, 0.1) is 10.6 Å². The topological polar surface area (TPSA) is 78.5 Å². The van der Waals surface area contributed by atoms with E-state index in [4.69, 9.17) is 0 Å². The van der Waals surface area contributed by atoms with Gasteiger partial charge in [-0.3, -0.25) is 14.4 Å². The molecule has 0 atom stereocenters. The van der Waals surface area contributed by atoms with E-state index in [1.54, 1.807) is 11.0 Å². The van der Waals surface area contributed by atoms with Gasteiger partial charge in [-0.05, 0) is 42.5 Å². The number of hydrogen-bond acceptors (Lipinski definition) is 4. The van der Waals surface area contributed by atoms with Crippen LogP contribution in [0.5, 0.6) is 0 Å². The fraction of sp³-hybridized carbons (Fsp3) is 0.316. The normalized spacial score (nSPS) is 14.7. The fourth-order valence-electron chi connectivity index (χ4n) is 3.04. The molecule has 2 N–H and O–H groups in total. The van der Waals surface area contributed by atoms with Gasteiger partial charge in [0, 0.05) is 31.6 Å². The zero-order valence-corrected chi connectivity index (χ0v) is 15.6. The van der Waals surface area contributed by atoms with E-state index in [2.05, 4.69) is 10.6 Å². The fourth-order valence-corrected chi connectivity index (χ4v) is 3.73. The van der Waals surface area contributed by atoms with Crippen LogP contribution in [0.25, 0.3) is 0 Å². The summed E-state index contributed by atoms with van der Waals surface area (Å²) < 4.78 is 14.0. The molecule has 1 fully saturated rings. The lowest BCUT2D eigenvalue weighted by Gasteiger charge is -2.31. The van der Waals surface area contributed by atoms with Gasteiger partial charge in [-0.1, -0.05) is 6.07 Å². The Bertz CT molecular complexity index is 846. The number of benzene rings is 1. The van der Waals surface area contributed by atoms with Gasteiger partial charge in [0.25, 0.3) is 5.91 Å². The van der Waals surface area contributed by atoms with Crippen molar-refractivity contribution >= 4 is 40.4 Å². The predicted octanol–water partition coefficient (Wildman–Crippen LogP) is 3.34. The lowest BCUT2D eigenvalue weighted by molar-refractivity contribution is -0.121. The summed E-state index contributed by atoms with van der Waals surface area (Å²) in [4.78, 5) is 38.4. The number of rotatable bonds is 4. The lowest BCUT2D eigenvalue weighted by Crippen LogP contribution is -2.41. The van der Waals surface area contributed by atoms with E-state index in [1.165, 1.54) is 36.5 Å². The molecule has 6 nitrogen and oxygen atoms in total. The zero-order chi connectivity index (χ0) is 19.4. The predicted molar refractivity (Wildman–Crippen MR) is 102 cm³/mol. The third-order valence-corrected chi connectivity index (χ3v) is 5.29. The standard InChI is InChI=1S/C19H20FN3O3S/c1-12(24)21-14-4-5-15(20)16(11-14)22-18(25)13-6-8-23(9-7-13)19(26)17-3-2-10-27-17/h2-5,10-11,13H,6-9H2,1H3,(H,21,24)(H,22,25). The Morgan fingerprint density at radius 1 is 1.15 bits per heavy atom. The molecule has 1 saturated heterocycles. The molecule has 1 aliphatic heterocycles. The third kappa shape index (κ3) is 4.71. The van der Waals surface area contributed by atoms with E-state index in [9.17, 15) is 18.8 Å². The number of carbonyl (C=O) groups excluding carboxylic acids is 3. The van der Waals surface area contributed by atoms with E-state index in [1.807, 2.05) is 11.4 Å². The zero-order valence-electron chi connectivity index (χ0n) is 14.8. The summed E-state index contributed by atoms with van der Waals surface area (Å²) in [5, 5.41) is 7.01. The first-order chi connectivity index (χ1) is 12.9. The van der Waals surface area contributed by atoms with Gasteiger partial charge in [-0.15, -0.1) is 11.3 Å². The van der Waals surface area contributed by atoms with Crippen molar-refractivity contribution in [1.82, 2.24) is 4.90 Å². The molecule has 0 bridgehead atoms. The highest BCUT2D eigenvalue weighted by atomic mass is 32.1. The molecule has 27 heavy (non-hydrogen) atoms. The van der Waals surface area contributed by atoms with Crippen molar-refractivity contribution < 1.29 is 18.8 Å². The molecule has 0 aliphatic carbocycles. The molecule has 0 spiro atoms. The average Bonchev–Trinajstić information content (AvgIpc) is 3.18. The van der Waals surface area contributed by atoms with Crippen LogP contribution in [0.3, 0.4) is 0 Å². The smallest absolute Gasteiger partial charge is 0.263 e. The quantitative estimate of drug-likeness (QED) is 0.842. The van der Waals surface area contributed by atoms with Gasteiger partial charge in [0.15, 0.2) is 0 Å². The molecule has 0 unspecified atom stereocenters. The van der Waals surface area contributed by atoms with Crippen LogP contribution in [-0.4, -0.2) is 35.7 Å². The average molecular weight is 389 g/mol. The Balaban J connectivity index is 1.58. The van der Waals surface area contributed by atoms with E-state index < -0.39 is 5.82 Å². The van der Waals surface area contributed by atoms with Crippen molar-refractivity contribution in [2.45, 2.75) is 19.8 Å². The van der Waals surface area contributed by atoms with Gasteiger partial charge in [-0.2, -0.15) is 0 Å². The highest BCUT2D eigenvalue weighted by Crippen LogP contribution is 2.24. The van der Waals surface area contributed by atoms with Crippen LogP contribution in [0.2, 0.25) is 0 Å². The Labute approximate surface area is 160 Å². The van der Waals surface area contributed by atoms with Crippen molar-refractivity contribution in [3.05, 3.63) is 46.4 Å². The number of carbonyl (C=O) groups is 3. The maximum atomic E-state index is 14.0. The number of thiophene rings is 1. The number of hydrogen-bond donors (Lipinski definition) is 2. The maximum Gasteiger partial charge on any atom is 0.263 e. The summed E-state index contributed by atoms with van der Waals surface area (Å²) in [7, 11) is 0. The van der Waals surface area contributed by atoms with Gasteiger partial charge in [-0.25, -0.2) is 4.39 Å². The summed E-state index contributed by atoms with van der Waals surface area (Å²) in [6.07, 6.45) is 1.05. The molecule has 1 aromatic carbocycles. The van der Waals surface area contributed by atoms with E-state index >= 15 is 0 Å². The largest absolute Gasteiger partial charge is 0.338 e. The van der Waals surface area contributed by atoms with Crippen LogP contribution in [0.15, 0.2) is 35.7 Å². The second-order valence-corrected chi connectivity index (χ2v) is 7.36. The lowest BCUT2D eigenvalue weighted by atomic mass is 9.95. The SMILES string of the molecule is CC(=O)Nc1ccc(F)c(NC(=O)C2CCN(C(=O)c3cccs3)CC2)c1. The van der Waals surface area contributed by atoms with Crippen molar-refractivity contribution in [2.24, 2.45) is 5.92 Å². The molecule has 0 saturated carbocycles. The molecular weight excluding hydrogens is 369 g/mol. The summed E-state index contributed by atoms with van der Waals surface area (Å²) >= 11 is 1.40. The van der Waals surface area contributed by atoms with Crippen LogP contribution in [0, 0.1) is 11.7 Å². The van der Waals surface area contributed by atoms with E-state index in [-0.39, 0.29) is 29.3 Å². The van der Waals surface area contributed by atoms with Crippen LogP contribution in [0.1, 0.15) is 29.4 Å². The molecule has 2 heterocycles. The van der Waals surface area contributed by atoms with Crippen LogP contribution >= 0.6 is 11.3 Å². The van der Waals surface area contributed by atoms with Gasteiger partial charge in [0.2, 0.25) is 11.8 Å². The second-order valence-electron chi connectivity index (χ2n) is 6.41.